The van der Waals surface area contributed by atoms with Gasteiger partial charge in [0.1, 0.15) is 0 Å². The molecule has 2 saturated heterocycles. The van der Waals surface area contributed by atoms with Crippen LogP contribution in [0.15, 0.2) is 0 Å². The summed E-state index contributed by atoms with van der Waals surface area (Å²) in [6, 6.07) is 0. The molecule has 1 atom stereocenters. The molecule has 5 heteroatoms. The summed E-state index contributed by atoms with van der Waals surface area (Å²) < 4.78 is 16.1. The minimum Gasteiger partial charge on any atom is -0.381 e. The lowest BCUT2D eigenvalue weighted by Crippen LogP contribution is -2.39. The van der Waals surface area contributed by atoms with Crippen molar-refractivity contribution in [2.24, 2.45) is 5.73 Å². The highest BCUT2D eigenvalue weighted by atomic mass is 16.7. The van der Waals surface area contributed by atoms with E-state index in [9.17, 15) is 4.79 Å². The van der Waals surface area contributed by atoms with E-state index in [1.807, 2.05) is 0 Å². The Balaban J connectivity index is 1.98. The summed E-state index contributed by atoms with van der Waals surface area (Å²) in [4.78, 5) is 10.8. The Kier molecular flexibility index (Phi) is 2.23. The van der Waals surface area contributed by atoms with Gasteiger partial charge >= 0.3 is 0 Å². The van der Waals surface area contributed by atoms with Crippen molar-refractivity contribution in [3.8, 4) is 0 Å². The third kappa shape index (κ3) is 1.67. The Bertz CT molecular complexity index is 212. The van der Waals surface area contributed by atoms with E-state index in [0.717, 1.165) is 0 Å². The van der Waals surface area contributed by atoms with Crippen LogP contribution in [0.25, 0.3) is 0 Å². The number of amides is 1. The van der Waals surface area contributed by atoms with Crippen LogP contribution in [-0.2, 0) is 19.0 Å². The molecule has 2 N–H and O–H groups in total. The summed E-state index contributed by atoms with van der Waals surface area (Å²) in [7, 11) is 0. The number of hydrogen-bond donors (Lipinski definition) is 1. The Morgan fingerprint density at radius 2 is 2.08 bits per heavy atom. The maximum Gasteiger partial charge on any atom is 0.249 e. The molecule has 2 aliphatic heterocycles. The van der Waals surface area contributed by atoms with E-state index < -0.39 is 17.8 Å². The molecule has 1 unspecified atom stereocenters. The second kappa shape index (κ2) is 3.25. The van der Waals surface area contributed by atoms with Crippen molar-refractivity contribution < 1.29 is 19.0 Å². The van der Waals surface area contributed by atoms with Gasteiger partial charge in [-0.15, -0.1) is 0 Å². The lowest BCUT2D eigenvalue weighted by Gasteiger charge is -2.31. The van der Waals surface area contributed by atoms with Crippen LogP contribution >= 0.6 is 0 Å². The third-order valence-electron chi connectivity index (χ3n) is 2.43. The second-order valence-electron chi connectivity index (χ2n) is 3.34. The summed E-state index contributed by atoms with van der Waals surface area (Å²) in [6.07, 6.45) is 0.770. The van der Waals surface area contributed by atoms with Crippen molar-refractivity contribution in [2.45, 2.75) is 24.7 Å². The third-order valence-corrected chi connectivity index (χ3v) is 2.43. The van der Waals surface area contributed by atoms with Crippen LogP contribution in [-0.4, -0.2) is 37.6 Å². The van der Waals surface area contributed by atoms with Gasteiger partial charge in [0.05, 0.1) is 19.8 Å². The van der Waals surface area contributed by atoms with E-state index in [0.29, 0.717) is 26.1 Å². The molecule has 1 amide bonds. The highest BCUT2D eigenvalue weighted by molar-refractivity contribution is 5.79. The van der Waals surface area contributed by atoms with E-state index in [2.05, 4.69) is 0 Å². The lowest BCUT2D eigenvalue weighted by atomic mass is 10.1. The molecular weight excluding hydrogens is 174 g/mol. The second-order valence-corrected chi connectivity index (χ2v) is 3.34. The molecule has 0 bridgehead atoms. The van der Waals surface area contributed by atoms with Gasteiger partial charge in [-0.25, -0.2) is 0 Å². The minimum absolute atomic E-state index is 0.273. The van der Waals surface area contributed by atoms with E-state index in [1.54, 1.807) is 0 Å². The average Bonchev–Trinajstić information content (AvgIpc) is 2.51. The lowest BCUT2D eigenvalue weighted by molar-refractivity contribution is -0.210. The van der Waals surface area contributed by atoms with Gasteiger partial charge in [-0.3, -0.25) is 4.79 Å². The predicted molar refractivity (Wildman–Crippen MR) is 42.8 cm³/mol. The maximum atomic E-state index is 10.8. The molecule has 2 heterocycles. The van der Waals surface area contributed by atoms with Gasteiger partial charge in [0.25, 0.3) is 0 Å². The fraction of sp³-hybridized carbons (Fsp3) is 0.875. The molecule has 0 radical (unpaired) electrons. The van der Waals surface area contributed by atoms with E-state index in [1.165, 1.54) is 0 Å². The minimum atomic E-state index is -0.599. The normalized spacial score (nSPS) is 32.2. The number of ether oxygens (including phenoxy) is 3. The first-order valence-electron chi connectivity index (χ1n) is 4.41. The number of nitrogens with two attached hydrogens (primary N) is 1. The zero-order valence-electron chi connectivity index (χ0n) is 7.32. The molecule has 0 aromatic heterocycles. The molecule has 74 valence electrons. The number of rotatable bonds is 1. The molecule has 0 aliphatic carbocycles. The first kappa shape index (κ1) is 8.93. The van der Waals surface area contributed by atoms with Crippen LogP contribution in [0.2, 0.25) is 0 Å². The number of carbonyl (C=O) groups excluding carboxylic acids is 1. The SMILES string of the molecule is NC(=O)C1COC2(CCOCC2)O1. The van der Waals surface area contributed by atoms with Crippen molar-refractivity contribution in [1.82, 2.24) is 0 Å². The van der Waals surface area contributed by atoms with Gasteiger partial charge in [0.2, 0.25) is 5.91 Å². The van der Waals surface area contributed by atoms with Gasteiger partial charge in [0, 0.05) is 12.8 Å². The zero-order chi connectivity index (χ0) is 9.31. The Hall–Kier alpha value is -0.650. The summed E-state index contributed by atoms with van der Waals surface area (Å²) in [5, 5.41) is 0. The zero-order valence-corrected chi connectivity index (χ0v) is 7.32. The quantitative estimate of drug-likeness (QED) is 0.594. The summed E-state index contributed by atoms with van der Waals surface area (Å²) in [6.45, 7) is 1.51. The summed E-state index contributed by atoms with van der Waals surface area (Å²) in [5.74, 6) is -1.05. The van der Waals surface area contributed by atoms with Gasteiger partial charge in [-0.1, -0.05) is 0 Å². The van der Waals surface area contributed by atoms with Gasteiger partial charge in [0.15, 0.2) is 11.9 Å². The molecule has 2 aliphatic rings. The number of primary amides is 1. The summed E-state index contributed by atoms with van der Waals surface area (Å²) >= 11 is 0. The van der Waals surface area contributed by atoms with Crippen LogP contribution in [0.4, 0.5) is 0 Å². The van der Waals surface area contributed by atoms with Crippen LogP contribution in [0.3, 0.4) is 0 Å². The Morgan fingerprint density at radius 1 is 1.38 bits per heavy atom. The molecule has 0 aromatic carbocycles. The molecule has 2 rings (SSSR count). The number of carbonyl (C=O) groups is 1. The molecule has 0 aromatic rings. The highest BCUT2D eigenvalue weighted by Crippen LogP contribution is 2.32. The van der Waals surface area contributed by atoms with E-state index in [4.69, 9.17) is 19.9 Å². The van der Waals surface area contributed by atoms with Gasteiger partial charge in [-0.05, 0) is 0 Å². The largest absolute Gasteiger partial charge is 0.381 e. The maximum absolute atomic E-state index is 10.8. The van der Waals surface area contributed by atoms with Crippen LogP contribution in [0.5, 0.6) is 0 Å². The average molecular weight is 187 g/mol. The first-order chi connectivity index (χ1) is 6.22. The highest BCUT2D eigenvalue weighted by Gasteiger charge is 2.44. The van der Waals surface area contributed by atoms with Crippen molar-refractivity contribution in [2.75, 3.05) is 19.8 Å². The molecular formula is C8H13NO4. The molecule has 5 nitrogen and oxygen atoms in total. The van der Waals surface area contributed by atoms with Crippen LogP contribution in [0.1, 0.15) is 12.8 Å². The smallest absolute Gasteiger partial charge is 0.249 e. The first-order valence-corrected chi connectivity index (χ1v) is 4.41. The topological polar surface area (TPSA) is 70.8 Å². The number of hydrogen-bond acceptors (Lipinski definition) is 4. The molecule has 1 spiro atoms. The van der Waals surface area contributed by atoms with Crippen molar-refractivity contribution in [1.29, 1.82) is 0 Å². The predicted octanol–water partition coefficient (Wildman–Crippen LogP) is -0.606. The Morgan fingerprint density at radius 3 is 2.62 bits per heavy atom. The fourth-order valence-electron chi connectivity index (χ4n) is 1.64. The van der Waals surface area contributed by atoms with E-state index in [-0.39, 0.29) is 6.61 Å². The van der Waals surface area contributed by atoms with Crippen molar-refractivity contribution >= 4 is 5.91 Å². The fourth-order valence-corrected chi connectivity index (χ4v) is 1.64. The van der Waals surface area contributed by atoms with Gasteiger partial charge in [-0.2, -0.15) is 0 Å². The standard InChI is InChI=1S/C8H13NO4/c9-7(10)6-5-12-8(13-6)1-3-11-4-2-8/h6H,1-5H2,(H2,9,10). The summed E-state index contributed by atoms with van der Waals surface area (Å²) in [5.41, 5.74) is 5.11. The van der Waals surface area contributed by atoms with Crippen molar-refractivity contribution in [3.05, 3.63) is 0 Å². The molecule has 2 fully saturated rings. The van der Waals surface area contributed by atoms with E-state index >= 15 is 0 Å². The van der Waals surface area contributed by atoms with Gasteiger partial charge < -0.3 is 19.9 Å². The van der Waals surface area contributed by atoms with Crippen LogP contribution < -0.4 is 5.73 Å². The van der Waals surface area contributed by atoms with Crippen LogP contribution in [0, 0.1) is 0 Å². The Labute approximate surface area is 76.1 Å². The molecule has 0 saturated carbocycles. The van der Waals surface area contributed by atoms with Crippen molar-refractivity contribution in [3.63, 3.8) is 0 Å². The monoisotopic (exact) mass is 187 g/mol. The molecule has 13 heavy (non-hydrogen) atoms.